The largest absolute Gasteiger partial charge is 0.456 e. The molecular weight excluding hydrogens is 623 g/mol. The van der Waals surface area contributed by atoms with E-state index in [0.717, 1.165) is 55.3 Å². The Morgan fingerprint density at radius 2 is 0.843 bits per heavy atom. The van der Waals surface area contributed by atoms with Crippen molar-refractivity contribution in [2.75, 3.05) is 0 Å². The van der Waals surface area contributed by atoms with Crippen molar-refractivity contribution in [2.45, 2.75) is 13.8 Å². The zero-order chi connectivity index (χ0) is 34.3. The molecule has 0 aliphatic rings. The summed E-state index contributed by atoms with van der Waals surface area (Å²) in [5.74, 6) is 1.83. The molecule has 2 heterocycles. The van der Waals surface area contributed by atoms with Gasteiger partial charge in [0, 0.05) is 27.5 Å². The van der Waals surface area contributed by atoms with Gasteiger partial charge in [0.15, 0.2) is 17.5 Å². The molecule has 0 saturated heterocycles. The number of benzene rings is 7. The van der Waals surface area contributed by atoms with Gasteiger partial charge in [0.05, 0.1) is 0 Å². The number of nitrogens with zero attached hydrogens (tertiary/aromatic N) is 3. The lowest BCUT2D eigenvalue weighted by molar-refractivity contribution is 0.669. The highest BCUT2D eigenvalue weighted by Crippen LogP contribution is 2.35. The van der Waals surface area contributed by atoms with E-state index in [2.05, 4.69) is 147 Å². The Kier molecular flexibility index (Phi) is 7.55. The molecule has 0 bridgehead atoms. The number of rotatable bonds is 6. The van der Waals surface area contributed by atoms with Gasteiger partial charge in [-0.05, 0) is 88.7 Å². The van der Waals surface area contributed by atoms with Gasteiger partial charge in [-0.2, -0.15) is 0 Å². The lowest BCUT2D eigenvalue weighted by Gasteiger charge is -2.13. The zero-order valence-corrected chi connectivity index (χ0v) is 28.3. The molecule has 0 aliphatic heterocycles. The molecule has 242 valence electrons. The van der Waals surface area contributed by atoms with Gasteiger partial charge in [-0.15, -0.1) is 0 Å². The van der Waals surface area contributed by atoms with Gasteiger partial charge in [-0.3, -0.25) is 0 Å². The average Bonchev–Trinajstić information content (AvgIpc) is 3.56. The Labute approximate surface area is 296 Å². The lowest BCUT2D eigenvalue weighted by atomic mass is 9.95. The number of fused-ring (bicyclic) bond motifs is 3. The summed E-state index contributed by atoms with van der Waals surface area (Å²) in [6, 6.07) is 56.9. The van der Waals surface area contributed by atoms with Gasteiger partial charge in [-0.25, -0.2) is 15.0 Å². The van der Waals surface area contributed by atoms with Crippen molar-refractivity contribution in [1.82, 2.24) is 15.0 Å². The summed E-state index contributed by atoms with van der Waals surface area (Å²) >= 11 is 0. The number of aryl methyl sites for hydroxylation is 2. The first-order valence-corrected chi connectivity index (χ1v) is 17.2. The maximum atomic E-state index is 6.26. The fourth-order valence-electron chi connectivity index (χ4n) is 6.93. The monoisotopic (exact) mass is 655 g/mol. The van der Waals surface area contributed by atoms with Gasteiger partial charge in [-0.1, -0.05) is 133 Å². The van der Waals surface area contributed by atoms with Gasteiger partial charge in [0.1, 0.15) is 11.2 Å². The molecule has 0 unspecified atom stereocenters. The van der Waals surface area contributed by atoms with E-state index in [0.29, 0.717) is 17.5 Å². The smallest absolute Gasteiger partial charge is 0.164 e. The fraction of sp³-hybridized carbons (Fsp3) is 0.0426. The first-order chi connectivity index (χ1) is 25.1. The molecule has 7 aromatic carbocycles. The van der Waals surface area contributed by atoms with Crippen LogP contribution < -0.4 is 0 Å². The molecule has 0 amide bonds. The van der Waals surface area contributed by atoms with Crippen LogP contribution >= 0.6 is 0 Å². The van der Waals surface area contributed by atoms with Crippen molar-refractivity contribution >= 4 is 21.9 Å². The maximum Gasteiger partial charge on any atom is 0.164 e. The second kappa shape index (κ2) is 12.7. The minimum Gasteiger partial charge on any atom is -0.456 e. The van der Waals surface area contributed by atoms with E-state index in [4.69, 9.17) is 19.4 Å². The molecule has 0 radical (unpaired) electrons. The van der Waals surface area contributed by atoms with E-state index < -0.39 is 0 Å². The number of hydrogen-bond donors (Lipinski definition) is 0. The van der Waals surface area contributed by atoms with Gasteiger partial charge in [0.2, 0.25) is 0 Å². The number of furan rings is 1. The molecule has 0 aliphatic carbocycles. The quantitative estimate of drug-likeness (QED) is 0.179. The van der Waals surface area contributed by atoms with Crippen LogP contribution in [0.4, 0.5) is 0 Å². The highest BCUT2D eigenvalue weighted by Gasteiger charge is 2.16. The molecule has 2 aromatic heterocycles. The topological polar surface area (TPSA) is 51.8 Å². The molecule has 51 heavy (non-hydrogen) atoms. The summed E-state index contributed by atoms with van der Waals surface area (Å²) in [7, 11) is 0. The summed E-state index contributed by atoms with van der Waals surface area (Å²) in [5, 5.41) is 2.16. The van der Waals surface area contributed by atoms with Crippen molar-refractivity contribution in [2.24, 2.45) is 0 Å². The van der Waals surface area contributed by atoms with Gasteiger partial charge >= 0.3 is 0 Å². The second-order valence-electron chi connectivity index (χ2n) is 13.0. The number of hydrogen-bond acceptors (Lipinski definition) is 4. The minimum atomic E-state index is 0.593. The van der Waals surface area contributed by atoms with Gasteiger partial charge in [0.25, 0.3) is 0 Å². The first-order valence-electron chi connectivity index (χ1n) is 17.2. The van der Waals surface area contributed by atoms with Crippen molar-refractivity contribution in [3.05, 3.63) is 175 Å². The van der Waals surface area contributed by atoms with E-state index >= 15 is 0 Å². The van der Waals surface area contributed by atoms with Crippen LogP contribution in [0.15, 0.2) is 168 Å². The lowest BCUT2D eigenvalue weighted by Crippen LogP contribution is -2.01. The third-order valence-electron chi connectivity index (χ3n) is 9.64. The summed E-state index contributed by atoms with van der Waals surface area (Å²) in [6.07, 6.45) is 0. The predicted octanol–water partition coefficient (Wildman–Crippen LogP) is 12.4. The zero-order valence-electron chi connectivity index (χ0n) is 28.3. The van der Waals surface area contributed by atoms with E-state index in [1.807, 2.05) is 30.3 Å². The minimum absolute atomic E-state index is 0.593. The van der Waals surface area contributed by atoms with Crippen LogP contribution in [0, 0.1) is 13.8 Å². The molecule has 0 N–H and O–H groups in total. The van der Waals surface area contributed by atoms with E-state index in [-0.39, 0.29) is 0 Å². The second-order valence-corrected chi connectivity index (χ2v) is 13.0. The Morgan fingerprint density at radius 1 is 0.333 bits per heavy atom. The SMILES string of the molecule is Cc1ccccc1-c1ccc(-c2nc(-c3cccc(-c4ccc(-c5ccccc5)cc4)c3)nc(-c3ccc4c(c3)oc3ccccc34)n2)cc1C. The van der Waals surface area contributed by atoms with Gasteiger partial charge < -0.3 is 4.42 Å². The van der Waals surface area contributed by atoms with Crippen LogP contribution in [0.3, 0.4) is 0 Å². The molecule has 0 atom stereocenters. The van der Waals surface area contributed by atoms with E-state index in [1.165, 1.54) is 27.8 Å². The number of aromatic nitrogens is 3. The summed E-state index contributed by atoms with van der Waals surface area (Å²) in [6.45, 7) is 4.30. The first kappa shape index (κ1) is 30.4. The summed E-state index contributed by atoms with van der Waals surface area (Å²) in [5.41, 5.74) is 13.8. The summed E-state index contributed by atoms with van der Waals surface area (Å²) in [4.78, 5) is 15.3. The predicted molar refractivity (Wildman–Crippen MR) is 209 cm³/mol. The van der Waals surface area contributed by atoms with Crippen molar-refractivity contribution in [3.63, 3.8) is 0 Å². The van der Waals surface area contributed by atoms with Crippen LogP contribution in [0.2, 0.25) is 0 Å². The van der Waals surface area contributed by atoms with Crippen LogP contribution in [-0.4, -0.2) is 15.0 Å². The Morgan fingerprint density at radius 3 is 1.59 bits per heavy atom. The van der Waals surface area contributed by atoms with Crippen molar-refractivity contribution in [3.8, 4) is 67.5 Å². The maximum absolute atomic E-state index is 6.26. The fourth-order valence-corrected chi connectivity index (χ4v) is 6.93. The average molecular weight is 656 g/mol. The van der Waals surface area contributed by atoms with Crippen LogP contribution in [0.25, 0.3) is 89.5 Å². The standard InChI is InChI=1S/C47H33N3O/c1-30-11-6-7-16-39(30)40-25-23-37(27-31(40)2)46-48-45(49-47(50-46)38-24-26-42-41-17-8-9-18-43(41)51-44(42)29-38)36-15-10-14-35(28-36)34-21-19-33(20-22-34)32-12-4-3-5-13-32/h3-29H,1-2H3. The molecule has 4 nitrogen and oxygen atoms in total. The summed E-state index contributed by atoms with van der Waals surface area (Å²) < 4.78 is 6.26. The molecule has 0 saturated carbocycles. The molecular formula is C47H33N3O. The Hall–Kier alpha value is -6.65. The molecule has 9 aromatic rings. The van der Waals surface area contributed by atoms with E-state index in [1.54, 1.807) is 0 Å². The third kappa shape index (κ3) is 5.77. The van der Waals surface area contributed by atoms with Crippen LogP contribution in [-0.2, 0) is 0 Å². The van der Waals surface area contributed by atoms with Crippen molar-refractivity contribution < 1.29 is 4.42 Å². The Balaban J connectivity index is 1.16. The molecule has 4 heteroatoms. The number of para-hydroxylation sites is 1. The van der Waals surface area contributed by atoms with E-state index in [9.17, 15) is 0 Å². The van der Waals surface area contributed by atoms with Crippen LogP contribution in [0.5, 0.6) is 0 Å². The highest BCUT2D eigenvalue weighted by atomic mass is 16.3. The normalized spacial score (nSPS) is 11.3. The molecule has 0 fully saturated rings. The third-order valence-corrected chi connectivity index (χ3v) is 9.64. The Bertz CT molecular complexity index is 2710. The highest BCUT2D eigenvalue weighted by molar-refractivity contribution is 6.05. The van der Waals surface area contributed by atoms with Crippen LogP contribution in [0.1, 0.15) is 11.1 Å². The molecule has 9 rings (SSSR count). The molecule has 0 spiro atoms. The van der Waals surface area contributed by atoms with Crippen molar-refractivity contribution in [1.29, 1.82) is 0 Å².